The Bertz CT molecular complexity index is 1140. The number of hydrogen-bond acceptors (Lipinski definition) is 4. The molecule has 0 radical (unpaired) electrons. The van der Waals surface area contributed by atoms with Gasteiger partial charge in [-0.05, 0) is 53.6 Å². The van der Waals surface area contributed by atoms with E-state index in [0.717, 1.165) is 16.9 Å². The second kappa shape index (κ2) is 12.0. The summed E-state index contributed by atoms with van der Waals surface area (Å²) in [5.74, 6) is 0.395. The lowest BCUT2D eigenvalue weighted by Crippen LogP contribution is -2.50. The maximum Gasteiger partial charge on any atom is 0.321 e. The monoisotopic (exact) mass is 497 g/mol. The van der Waals surface area contributed by atoms with E-state index in [1.807, 2.05) is 48.5 Å². The van der Waals surface area contributed by atoms with Crippen molar-refractivity contribution in [1.29, 1.82) is 0 Å². The molecule has 0 aromatic heterocycles. The zero-order valence-electron chi connectivity index (χ0n) is 19.6. The van der Waals surface area contributed by atoms with E-state index in [2.05, 4.69) is 10.2 Å². The topological polar surface area (TPSA) is 54.0 Å². The first-order valence-corrected chi connectivity index (χ1v) is 11.9. The van der Waals surface area contributed by atoms with Crippen molar-refractivity contribution < 1.29 is 18.7 Å². The fourth-order valence-electron chi connectivity index (χ4n) is 4.06. The van der Waals surface area contributed by atoms with Gasteiger partial charge in [0.15, 0.2) is 0 Å². The second-order valence-electron chi connectivity index (χ2n) is 8.43. The summed E-state index contributed by atoms with van der Waals surface area (Å²) < 4.78 is 25.2. The average Bonchev–Trinajstić information content (AvgIpc) is 2.87. The molecular formula is C27H29ClFN3O3. The first kappa shape index (κ1) is 25.0. The third kappa shape index (κ3) is 7.18. The Kier molecular flexibility index (Phi) is 8.58. The van der Waals surface area contributed by atoms with E-state index in [4.69, 9.17) is 21.1 Å². The predicted octanol–water partition coefficient (Wildman–Crippen LogP) is 5.60. The van der Waals surface area contributed by atoms with E-state index in [0.29, 0.717) is 50.0 Å². The number of amides is 2. The third-order valence-corrected chi connectivity index (χ3v) is 6.20. The van der Waals surface area contributed by atoms with E-state index >= 15 is 0 Å². The number of piperazine rings is 1. The molecule has 8 heteroatoms. The fourth-order valence-corrected chi connectivity index (χ4v) is 4.27. The number of hydrogen-bond donors (Lipinski definition) is 1. The largest absolute Gasteiger partial charge is 0.497 e. The summed E-state index contributed by atoms with van der Waals surface area (Å²) in [6.07, 6.45) is -0.184. The van der Waals surface area contributed by atoms with E-state index < -0.39 is 0 Å². The number of urea groups is 1. The van der Waals surface area contributed by atoms with Crippen molar-refractivity contribution in [3.05, 3.63) is 94.8 Å². The first-order chi connectivity index (χ1) is 17.0. The molecule has 4 rings (SSSR count). The van der Waals surface area contributed by atoms with Gasteiger partial charge in [0.25, 0.3) is 0 Å². The molecule has 1 saturated heterocycles. The van der Waals surface area contributed by atoms with Crippen molar-refractivity contribution in [3.63, 3.8) is 0 Å². The van der Waals surface area contributed by atoms with Crippen molar-refractivity contribution in [2.75, 3.05) is 45.2 Å². The van der Waals surface area contributed by atoms with Gasteiger partial charge in [-0.25, -0.2) is 9.18 Å². The Morgan fingerprint density at radius 1 is 1.03 bits per heavy atom. The molecule has 184 valence electrons. The number of nitrogens with zero attached hydrogens (tertiary/aromatic N) is 2. The Hall–Kier alpha value is -3.13. The highest BCUT2D eigenvalue weighted by Crippen LogP contribution is 2.25. The van der Waals surface area contributed by atoms with E-state index in [1.165, 1.54) is 12.1 Å². The number of carbonyl (C=O) groups is 1. The minimum Gasteiger partial charge on any atom is -0.497 e. The van der Waals surface area contributed by atoms with Crippen LogP contribution in [0.2, 0.25) is 5.02 Å². The van der Waals surface area contributed by atoms with Crippen molar-refractivity contribution in [1.82, 2.24) is 9.80 Å². The van der Waals surface area contributed by atoms with Crippen LogP contribution in [0.3, 0.4) is 0 Å². The maximum atomic E-state index is 13.4. The van der Waals surface area contributed by atoms with E-state index in [-0.39, 0.29) is 18.0 Å². The van der Waals surface area contributed by atoms with Gasteiger partial charge in [-0.1, -0.05) is 41.9 Å². The lowest BCUT2D eigenvalue weighted by Gasteiger charge is -2.36. The summed E-state index contributed by atoms with van der Waals surface area (Å²) >= 11 is 6.13. The number of rotatable bonds is 8. The Morgan fingerprint density at radius 2 is 1.80 bits per heavy atom. The SMILES string of the molecule is COc1cccc(C(CN2CCN(C(=O)Nc3cccc(F)c3)CC2)OCc2cccc(Cl)c2)c1. The minimum atomic E-state index is -0.381. The molecule has 0 spiro atoms. The second-order valence-corrected chi connectivity index (χ2v) is 8.87. The fraction of sp³-hybridized carbons (Fsp3) is 0.296. The summed E-state index contributed by atoms with van der Waals surface area (Å²) in [4.78, 5) is 16.6. The van der Waals surface area contributed by atoms with E-state index in [9.17, 15) is 9.18 Å². The molecule has 0 saturated carbocycles. The molecule has 6 nitrogen and oxygen atoms in total. The molecule has 3 aromatic carbocycles. The predicted molar refractivity (Wildman–Crippen MR) is 135 cm³/mol. The zero-order chi connectivity index (χ0) is 24.6. The first-order valence-electron chi connectivity index (χ1n) is 11.5. The van der Waals surface area contributed by atoms with Crippen LogP contribution in [0.4, 0.5) is 14.9 Å². The molecule has 0 bridgehead atoms. The summed E-state index contributed by atoms with van der Waals surface area (Å²) in [5, 5.41) is 3.45. The van der Waals surface area contributed by atoms with Crippen LogP contribution in [-0.2, 0) is 11.3 Å². The summed E-state index contributed by atoms with van der Waals surface area (Å²) in [7, 11) is 1.65. The molecule has 1 N–H and O–H groups in total. The van der Waals surface area contributed by atoms with Crippen LogP contribution in [-0.4, -0.2) is 55.7 Å². The van der Waals surface area contributed by atoms with Gasteiger partial charge in [-0.15, -0.1) is 0 Å². The van der Waals surface area contributed by atoms with Gasteiger partial charge in [0.1, 0.15) is 11.6 Å². The normalized spacial score (nSPS) is 15.0. The van der Waals surface area contributed by atoms with Crippen LogP contribution >= 0.6 is 11.6 Å². The zero-order valence-corrected chi connectivity index (χ0v) is 20.4. The van der Waals surface area contributed by atoms with Crippen molar-refractivity contribution in [3.8, 4) is 5.75 Å². The molecule has 2 amide bonds. The molecule has 1 aliphatic rings. The summed E-state index contributed by atoms with van der Waals surface area (Å²) in [5.41, 5.74) is 2.48. The molecular weight excluding hydrogens is 469 g/mol. The van der Waals surface area contributed by atoms with Crippen molar-refractivity contribution >= 4 is 23.3 Å². The number of halogens is 2. The smallest absolute Gasteiger partial charge is 0.321 e. The number of nitrogens with one attached hydrogen (secondary N) is 1. The van der Waals surface area contributed by atoms with Gasteiger partial charge >= 0.3 is 6.03 Å². The van der Waals surface area contributed by atoms with Crippen LogP contribution in [0.1, 0.15) is 17.2 Å². The van der Waals surface area contributed by atoms with Gasteiger partial charge in [-0.3, -0.25) is 4.90 Å². The number of benzene rings is 3. The Labute approximate surface area is 210 Å². The van der Waals surface area contributed by atoms with Gasteiger partial charge in [-0.2, -0.15) is 0 Å². The van der Waals surface area contributed by atoms with Crippen LogP contribution < -0.4 is 10.1 Å². The van der Waals surface area contributed by atoms with Gasteiger partial charge in [0, 0.05) is 43.4 Å². The number of anilines is 1. The molecule has 1 fully saturated rings. The van der Waals surface area contributed by atoms with Crippen LogP contribution in [0.25, 0.3) is 0 Å². The molecule has 1 heterocycles. The molecule has 1 unspecified atom stereocenters. The minimum absolute atomic E-state index is 0.184. The third-order valence-electron chi connectivity index (χ3n) is 5.97. The lowest BCUT2D eigenvalue weighted by molar-refractivity contribution is 0.00584. The molecule has 3 aromatic rings. The van der Waals surface area contributed by atoms with E-state index in [1.54, 1.807) is 24.1 Å². The van der Waals surface area contributed by atoms with Gasteiger partial charge in [0.05, 0.1) is 19.8 Å². The average molecular weight is 498 g/mol. The van der Waals surface area contributed by atoms with Gasteiger partial charge < -0.3 is 19.7 Å². The standard InChI is InChI=1S/C27H29ClFN3O3/c1-34-25-10-3-6-21(16-25)26(35-19-20-5-2-7-22(28)15-20)18-31-11-13-32(14-12-31)27(33)30-24-9-4-8-23(29)17-24/h2-10,15-17,26H,11-14,18-19H2,1H3,(H,30,33). The molecule has 1 aliphatic heterocycles. The molecule has 1 atom stereocenters. The summed E-state index contributed by atoms with van der Waals surface area (Å²) in [6, 6.07) is 21.2. The van der Waals surface area contributed by atoms with Crippen LogP contribution in [0.5, 0.6) is 5.75 Å². The highest BCUT2D eigenvalue weighted by Gasteiger charge is 2.24. The number of carbonyl (C=O) groups excluding carboxylic acids is 1. The van der Waals surface area contributed by atoms with Crippen LogP contribution in [0, 0.1) is 5.82 Å². The van der Waals surface area contributed by atoms with Gasteiger partial charge in [0.2, 0.25) is 0 Å². The lowest BCUT2D eigenvalue weighted by atomic mass is 10.1. The number of ether oxygens (including phenoxy) is 2. The highest BCUT2D eigenvalue weighted by atomic mass is 35.5. The Balaban J connectivity index is 1.37. The van der Waals surface area contributed by atoms with Crippen LogP contribution in [0.15, 0.2) is 72.8 Å². The quantitative estimate of drug-likeness (QED) is 0.440. The van der Waals surface area contributed by atoms with Crippen molar-refractivity contribution in [2.45, 2.75) is 12.7 Å². The van der Waals surface area contributed by atoms with Crippen molar-refractivity contribution in [2.24, 2.45) is 0 Å². The molecule has 0 aliphatic carbocycles. The summed E-state index contributed by atoms with van der Waals surface area (Å²) in [6.45, 7) is 3.65. The molecule has 35 heavy (non-hydrogen) atoms. The Morgan fingerprint density at radius 3 is 2.54 bits per heavy atom. The number of methoxy groups -OCH3 is 1. The highest BCUT2D eigenvalue weighted by molar-refractivity contribution is 6.30. The maximum absolute atomic E-state index is 13.4.